The Labute approximate surface area is 135 Å². The topological polar surface area (TPSA) is 64.0 Å². The van der Waals surface area contributed by atoms with Crippen LogP contribution in [-0.4, -0.2) is 15.5 Å². The molecule has 0 aliphatic heterocycles. The molecule has 2 aromatic carbocycles. The van der Waals surface area contributed by atoms with Crippen LogP contribution in [-0.2, 0) is 17.9 Å². The number of hydrogen-bond acceptors (Lipinski definition) is 3. The SMILES string of the molecule is O=C(Cn1cnc2ccc(F)cc2c1=O)NCc1ccccc1F. The third-order valence-corrected chi connectivity index (χ3v) is 3.53. The van der Waals surface area contributed by atoms with Gasteiger partial charge in [0.05, 0.1) is 17.2 Å². The number of rotatable bonds is 4. The van der Waals surface area contributed by atoms with Gasteiger partial charge < -0.3 is 5.32 Å². The van der Waals surface area contributed by atoms with Crippen molar-refractivity contribution in [2.45, 2.75) is 13.1 Å². The molecule has 24 heavy (non-hydrogen) atoms. The Morgan fingerprint density at radius 1 is 1.17 bits per heavy atom. The fourth-order valence-electron chi connectivity index (χ4n) is 2.29. The highest BCUT2D eigenvalue weighted by Gasteiger charge is 2.09. The van der Waals surface area contributed by atoms with Crippen LogP contribution in [0.5, 0.6) is 0 Å². The highest BCUT2D eigenvalue weighted by Crippen LogP contribution is 2.08. The number of hydrogen-bond donors (Lipinski definition) is 1. The van der Waals surface area contributed by atoms with Gasteiger partial charge >= 0.3 is 0 Å². The summed E-state index contributed by atoms with van der Waals surface area (Å²) < 4.78 is 27.8. The lowest BCUT2D eigenvalue weighted by Crippen LogP contribution is -2.32. The van der Waals surface area contributed by atoms with Gasteiger partial charge in [0.1, 0.15) is 18.2 Å². The summed E-state index contributed by atoms with van der Waals surface area (Å²) >= 11 is 0. The van der Waals surface area contributed by atoms with Gasteiger partial charge in [-0.15, -0.1) is 0 Å². The normalized spacial score (nSPS) is 10.8. The third-order valence-electron chi connectivity index (χ3n) is 3.53. The second-order valence-electron chi connectivity index (χ2n) is 5.21. The Kier molecular flexibility index (Phi) is 4.33. The summed E-state index contributed by atoms with van der Waals surface area (Å²) in [6.45, 7) is -0.275. The molecule has 1 amide bonds. The first-order chi connectivity index (χ1) is 11.5. The maximum atomic E-state index is 13.5. The minimum Gasteiger partial charge on any atom is -0.350 e. The van der Waals surface area contributed by atoms with E-state index >= 15 is 0 Å². The van der Waals surface area contributed by atoms with Crippen molar-refractivity contribution in [3.63, 3.8) is 0 Å². The average molecular weight is 329 g/mol. The smallest absolute Gasteiger partial charge is 0.261 e. The molecule has 1 aromatic heterocycles. The van der Waals surface area contributed by atoms with E-state index < -0.39 is 23.1 Å². The van der Waals surface area contributed by atoms with E-state index in [2.05, 4.69) is 10.3 Å². The average Bonchev–Trinajstić information content (AvgIpc) is 2.57. The lowest BCUT2D eigenvalue weighted by Gasteiger charge is -2.08. The van der Waals surface area contributed by atoms with E-state index in [1.54, 1.807) is 18.2 Å². The molecule has 3 rings (SSSR count). The molecule has 1 N–H and O–H groups in total. The van der Waals surface area contributed by atoms with Crippen molar-refractivity contribution >= 4 is 16.8 Å². The first kappa shape index (κ1) is 15.8. The molecule has 0 radical (unpaired) electrons. The molecule has 0 spiro atoms. The zero-order valence-electron chi connectivity index (χ0n) is 12.5. The van der Waals surface area contributed by atoms with Crippen molar-refractivity contribution in [2.24, 2.45) is 0 Å². The van der Waals surface area contributed by atoms with Crippen LogP contribution >= 0.6 is 0 Å². The summed E-state index contributed by atoms with van der Waals surface area (Å²) in [4.78, 5) is 28.2. The van der Waals surface area contributed by atoms with Gasteiger partial charge in [0.2, 0.25) is 5.91 Å². The molecule has 0 aliphatic rings. The number of carbonyl (C=O) groups excluding carboxylic acids is 1. The second-order valence-corrected chi connectivity index (χ2v) is 5.21. The van der Waals surface area contributed by atoms with Gasteiger partial charge in [0.25, 0.3) is 5.56 Å². The Bertz CT molecular complexity index is 969. The molecule has 0 saturated carbocycles. The number of carbonyl (C=O) groups is 1. The van der Waals surface area contributed by atoms with E-state index in [0.717, 1.165) is 10.6 Å². The molecule has 122 valence electrons. The summed E-state index contributed by atoms with van der Waals surface area (Å²) in [5.41, 5.74) is 0.182. The van der Waals surface area contributed by atoms with Gasteiger partial charge in [-0.25, -0.2) is 13.8 Å². The summed E-state index contributed by atoms with van der Waals surface area (Å²) in [7, 11) is 0. The Balaban J connectivity index is 1.75. The summed E-state index contributed by atoms with van der Waals surface area (Å²) in [5, 5.41) is 2.63. The van der Waals surface area contributed by atoms with E-state index in [-0.39, 0.29) is 18.5 Å². The molecule has 0 fully saturated rings. The lowest BCUT2D eigenvalue weighted by atomic mass is 10.2. The van der Waals surface area contributed by atoms with Crippen molar-refractivity contribution in [1.82, 2.24) is 14.9 Å². The number of amides is 1. The van der Waals surface area contributed by atoms with Crippen molar-refractivity contribution in [3.8, 4) is 0 Å². The number of halogens is 2. The molecule has 1 heterocycles. The van der Waals surface area contributed by atoms with Gasteiger partial charge in [-0.1, -0.05) is 18.2 Å². The van der Waals surface area contributed by atoms with Crippen LogP contribution in [0.1, 0.15) is 5.56 Å². The number of fused-ring (bicyclic) bond motifs is 1. The van der Waals surface area contributed by atoms with Gasteiger partial charge in [0, 0.05) is 12.1 Å². The molecular formula is C17H13F2N3O2. The van der Waals surface area contributed by atoms with Crippen LogP contribution in [0.2, 0.25) is 0 Å². The molecule has 0 unspecified atom stereocenters. The maximum absolute atomic E-state index is 13.5. The number of nitrogens with one attached hydrogen (secondary N) is 1. The van der Waals surface area contributed by atoms with Crippen LogP contribution in [0.4, 0.5) is 8.78 Å². The van der Waals surface area contributed by atoms with Crippen molar-refractivity contribution in [1.29, 1.82) is 0 Å². The standard InChI is InChI=1S/C17H13F2N3O2/c18-12-5-6-15-13(7-12)17(24)22(10-21-15)9-16(23)20-8-11-3-1-2-4-14(11)19/h1-7,10H,8-9H2,(H,20,23). The largest absolute Gasteiger partial charge is 0.350 e. The van der Waals surface area contributed by atoms with E-state index in [1.165, 1.54) is 24.5 Å². The number of nitrogens with zero attached hydrogens (tertiary/aromatic N) is 2. The third kappa shape index (κ3) is 3.29. The van der Waals surface area contributed by atoms with Crippen molar-refractivity contribution in [3.05, 3.63) is 76.3 Å². The van der Waals surface area contributed by atoms with E-state index in [0.29, 0.717) is 11.1 Å². The summed E-state index contributed by atoms with van der Waals surface area (Å²) in [6.07, 6.45) is 1.23. The Morgan fingerprint density at radius 3 is 2.75 bits per heavy atom. The van der Waals surface area contributed by atoms with E-state index in [9.17, 15) is 18.4 Å². The van der Waals surface area contributed by atoms with Crippen LogP contribution in [0.15, 0.2) is 53.6 Å². The van der Waals surface area contributed by atoms with Crippen LogP contribution in [0.3, 0.4) is 0 Å². The molecule has 5 nitrogen and oxygen atoms in total. The number of aromatic nitrogens is 2. The maximum Gasteiger partial charge on any atom is 0.261 e. The van der Waals surface area contributed by atoms with Gasteiger partial charge in [-0.05, 0) is 24.3 Å². The monoisotopic (exact) mass is 329 g/mol. The summed E-state index contributed by atoms with van der Waals surface area (Å²) in [5.74, 6) is -1.45. The highest BCUT2D eigenvalue weighted by atomic mass is 19.1. The molecule has 3 aromatic rings. The van der Waals surface area contributed by atoms with Crippen molar-refractivity contribution < 1.29 is 13.6 Å². The van der Waals surface area contributed by atoms with E-state index in [4.69, 9.17) is 0 Å². The zero-order chi connectivity index (χ0) is 17.1. The second kappa shape index (κ2) is 6.57. The molecule has 0 saturated heterocycles. The predicted molar refractivity (Wildman–Crippen MR) is 84.2 cm³/mol. The van der Waals surface area contributed by atoms with E-state index in [1.807, 2.05) is 0 Å². The molecular weight excluding hydrogens is 316 g/mol. The minimum atomic E-state index is -0.553. The number of benzene rings is 2. The quantitative estimate of drug-likeness (QED) is 0.796. The van der Waals surface area contributed by atoms with Crippen LogP contribution in [0, 0.1) is 11.6 Å². The summed E-state index contributed by atoms with van der Waals surface area (Å²) in [6, 6.07) is 9.76. The molecule has 0 bridgehead atoms. The zero-order valence-corrected chi connectivity index (χ0v) is 12.5. The minimum absolute atomic E-state index is 0.00982. The van der Waals surface area contributed by atoms with Gasteiger partial charge in [-0.2, -0.15) is 0 Å². The molecule has 0 atom stereocenters. The van der Waals surface area contributed by atoms with Crippen molar-refractivity contribution in [2.75, 3.05) is 0 Å². The first-order valence-corrected chi connectivity index (χ1v) is 7.19. The lowest BCUT2D eigenvalue weighted by molar-refractivity contribution is -0.121. The Morgan fingerprint density at radius 2 is 1.96 bits per heavy atom. The van der Waals surface area contributed by atoms with Crippen LogP contribution < -0.4 is 10.9 Å². The highest BCUT2D eigenvalue weighted by molar-refractivity contribution is 5.79. The molecule has 0 aliphatic carbocycles. The van der Waals surface area contributed by atoms with Gasteiger partial charge in [-0.3, -0.25) is 14.2 Å². The Hall–Kier alpha value is -3.09. The first-order valence-electron chi connectivity index (χ1n) is 7.19. The molecule has 7 heteroatoms. The van der Waals surface area contributed by atoms with Gasteiger partial charge in [0.15, 0.2) is 0 Å². The van der Waals surface area contributed by atoms with Crippen LogP contribution in [0.25, 0.3) is 10.9 Å². The fraction of sp³-hybridized carbons (Fsp3) is 0.118. The fourth-order valence-corrected chi connectivity index (χ4v) is 2.29. The predicted octanol–water partition coefficient (Wildman–Crippen LogP) is 1.99.